The van der Waals surface area contributed by atoms with Crippen molar-refractivity contribution in [2.75, 3.05) is 6.61 Å². The van der Waals surface area contributed by atoms with Gasteiger partial charge in [0.15, 0.2) is 0 Å². The van der Waals surface area contributed by atoms with E-state index < -0.39 is 0 Å². The molecule has 1 aliphatic rings. The molecule has 5 heteroatoms. The first-order valence-electron chi connectivity index (χ1n) is 7.60. The number of thioether (sulfide) groups is 1. The van der Waals surface area contributed by atoms with E-state index in [2.05, 4.69) is 17.4 Å². The molecule has 0 spiro atoms. The number of alkyl carbamates (subject to hydrolysis) is 1. The zero-order valence-electron chi connectivity index (χ0n) is 12.8. The summed E-state index contributed by atoms with van der Waals surface area (Å²) in [6.45, 7) is 2.18. The predicted molar refractivity (Wildman–Crippen MR) is 94.1 cm³/mol. The lowest BCUT2D eigenvalue weighted by Crippen LogP contribution is -2.37. The van der Waals surface area contributed by atoms with Crippen molar-refractivity contribution in [3.05, 3.63) is 64.7 Å². The Bertz CT molecular complexity index is 690. The number of carbonyl (C=O) groups excluding carboxylic acids is 1. The highest BCUT2D eigenvalue weighted by Gasteiger charge is 2.34. The van der Waals surface area contributed by atoms with E-state index in [1.54, 1.807) is 11.8 Å². The number of nitrogens with one attached hydrogen (secondary N) is 1. The predicted octanol–water partition coefficient (Wildman–Crippen LogP) is 4.84. The van der Waals surface area contributed by atoms with Gasteiger partial charge in [-0.25, -0.2) is 4.79 Å². The molecule has 1 aliphatic carbocycles. The number of rotatable bonds is 4. The molecule has 0 aromatic heterocycles. The van der Waals surface area contributed by atoms with E-state index in [0.29, 0.717) is 6.61 Å². The lowest BCUT2D eigenvalue weighted by atomic mass is 10.1. The summed E-state index contributed by atoms with van der Waals surface area (Å²) in [5.74, 6) is 0. The highest BCUT2D eigenvalue weighted by molar-refractivity contribution is 7.99. The molecule has 1 N–H and O–H groups in total. The monoisotopic (exact) mass is 347 g/mol. The molecule has 0 heterocycles. The lowest BCUT2D eigenvalue weighted by Gasteiger charge is -2.21. The summed E-state index contributed by atoms with van der Waals surface area (Å²) in [5.41, 5.74) is 2.55. The van der Waals surface area contributed by atoms with Crippen LogP contribution >= 0.6 is 23.4 Å². The average Bonchev–Trinajstić information content (AvgIpc) is 2.87. The maximum atomic E-state index is 11.8. The van der Waals surface area contributed by atoms with Gasteiger partial charge >= 0.3 is 6.09 Å². The van der Waals surface area contributed by atoms with Crippen LogP contribution in [0.1, 0.15) is 23.3 Å². The summed E-state index contributed by atoms with van der Waals surface area (Å²) in [5, 5.41) is 3.89. The van der Waals surface area contributed by atoms with Crippen molar-refractivity contribution in [1.82, 2.24) is 5.32 Å². The molecule has 1 amide bonds. The van der Waals surface area contributed by atoms with E-state index in [1.165, 1.54) is 11.1 Å². The highest BCUT2D eigenvalue weighted by Crippen LogP contribution is 2.44. The van der Waals surface area contributed by atoms with Gasteiger partial charge in [0, 0.05) is 9.92 Å². The normalized spacial score (nSPS) is 19.2. The van der Waals surface area contributed by atoms with Gasteiger partial charge in [0.2, 0.25) is 0 Å². The Hall–Kier alpha value is -1.65. The third-order valence-electron chi connectivity index (χ3n) is 3.82. The molecule has 3 nitrogen and oxygen atoms in total. The van der Waals surface area contributed by atoms with E-state index in [1.807, 2.05) is 43.3 Å². The first-order chi connectivity index (χ1) is 11.2. The molecular weight excluding hydrogens is 330 g/mol. The Morgan fingerprint density at radius 3 is 2.74 bits per heavy atom. The van der Waals surface area contributed by atoms with Crippen molar-refractivity contribution < 1.29 is 9.53 Å². The first kappa shape index (κ1) is 16.2. The fraction of sp³-hybridized carbons (Fsp3) is 0.278. The quantitative estimate of drug-likeness (QED) is 0.859. The fourth-order valence-electron chi connectivity index (χ4n) is 2.81. The molecular formula is C18H18ClNO2S. The Balaban J connectivity index is 1.82. The number of hydrogen-bond donors (Lipinski definition) is 1. The summed E-state index contributed by atoms with van der Waals surface area (Å²) in [6, 6.07) is 16.2. The zero-order valence-corrected chi connectivity index (χ0v) is 14.4. The largest absolute Gasteiger partial charge is 0.450 e. The van der Waals surface area contributed by atoms with Gasteiger partial charge in [-0.3, -0.25) is 0 Å². The van der Waals surface area contributed by atoms with Gasteiger partial charge in [0.1, 0.15) is 0 Å². The number of amides is 1. The maximum absolute atomic E-state index is 11.8. The van der Waals surface area contributed by atoms with E-state index >= 15 is 0 Å². The molecule has 23 heavy (non-hydrogen) atoms. The Morgan fingerprint density at radius 1 is 1.26 bits per heavy atom. The molecule has 2 atom stereocenters. The zero-order chi connectivity index (χ0) is 16.2. The van der Waals surface area contributed by atoms with Gasteiger partial charge in [-0.15, -0.1) is 11.8 Å². The number of hydrogen-bond acceptors (Lipinski definition) is 3. The molecule has 0 radical (unpaired) electrons. The maximum Gasteiger partial charge on any atom is 0.407 e. The molecule has 0 unspecified atom stereocenters. The number of benzene rings is 2. The van der Waals surface area contributed by atoms with Crippen LogP contribution in [0.3, 0.4) is 0 Å². The summed E-state index contributed by atoms with van der Waals surface area (Å²) >= 11 is 7.70. The Labute approximate surface area is 145 Å². The molecule has 2 aromatic carbocycles. The minimum Gasteiger partial charge on any atom is -0.450 e. The minimum absolute atomic E-state index is 0.0205. The van der Waals surface area contributed by atoms with Crippen LogP contribution in [-0.2, 0) is 11.2 Å². The Morgan fingerprint density at radius 2 is 2.00 bits per heavy atom. The van der Waals surface area contributed by atoms with Crippen molar-refractivity contribution in [2.45, 2.75) is 29.5 Å². The summed E-state index contributed by atoms with van der Waals surface area (Å²) in [4.78, 5) is 13.0. The van der Waals surface area contributed by atoms with Crippen molar-refractivity contribution in [3.63, 3.8) is 0 Å². The van der Waals surface area contributed by atoms with Gasteiger partial charge in [0.05, 0.1) is 17.9 Å². The fourth-order valence-corrected chi connectivity index (χ4v) is 4.21. The van der Waals surface area contributed by atoms with Crippen molar-refractivity contribution >= 4 is 29.5 Å². The molecule has 2 aromatic rings. The molecule has 0 fully saturated rings. The SMILES string of the molecule is CCOC(=O)N[C@@H]1Cc2ccccc2[C@@H]1Sc1ccc(Cl)cc1. The van der Waals surface area contributed by atoms with Gasteiger partial charge in [-0.2, -0.15) is 0 Å². The van der Waals surface area contributed by atoms with Gasteiger partial charge < -0.3 is 10.1 Å². The van der Waals surface area contributed by atoms with E-state index in [0.717, 1.165) is 16.3 Å². The number of halogens is 1. The van der Waals surface area contributed by atoms with E-state index in [9.17, 15) is 4.79 Å². The van der Waals surface area contributed by atoms with Crippen LogP contribution in [0.15, 0.2) is 53.4 Å². The number of carbonyl (C=O) groups is 1. The van der Waals surface area contributed by atoms with Crippen LogP contribution in [0.2, 0.25) is 5.02 Å². The second kappa shape index (κ2) is 7.28. The standard InChI is InChI=1S/C18H18ClNO2S/c1-2-22-18(21)20-16-11-12-5-3-4-6-15(12)17(16)23-14-9-7-13(19)8-10-14/h3-10,16-17H,2,11H2,1H3,(H,20,21)/t16-,17+/m1/s1. The van der Waals surface area contributed by atoms with Gasteiger partial charge in [-0.1, -0.05) is 35.9 Å². The summed E-state index contributed by atoms with van der Waals surface area (Å²) < 4.78 is 5.04. The number of ether oxygens (including phenoxy) is 1. The topological polar surface area (TPSA) is 38.3 Å². The van der Waals surface area contributed by atoms with Crippen LogP contribution in [0.25, 0.3) is 0 Å². The average molecular weight is 348 g/mol. The van der Waals surface area contributed by atoms with Crippen LogP contribution in [0.5, 0.6) is 0 Å². The second-order valence-electron chi connectivity index (χ2n) is 5.37. The molecule has 0 bridgehead atoms. The van der Waals surface area contributed by atoms with Crippen molar-refractivity contribution in [2.24, 2.45) is 0 Å². The molecule has 0 saturated carbocycles. The molecule has 0 saturated heterocycles. The third-order valence-corrected chi connectivity index (χ3v) is 5.45. The summed E-state index contributed by atoms with van der Waals surface area (Å²) in [7, 11) is 0. The van der Waals surface area contributed by atoms with Crippen molar-refractivity contribution in [1.29, 1.82) is 0 Å². The van der Waals surface area contributed by atoms with Gasteiger partial charge in [-0.05, 0) is 48.7 Å². The second-order valence-corrected chi connectivity index (χ2v) is 7.02. The minimum atomic E-state index is -0.355. The molecule has 120 valence electrons. The smallest absolute Gasteiger partial charge is 0.407 e. The van der Waals surface area contributed by atoms with Gasteiger partial charge in [0.25, 0.3) is 0 Å². The Kier molecular flexibility index (Phi) is 5.13. The van der Waals surface area contributed by atoms with E-state index in [4.69, 9.17) is 16.3 Å². The third kappa shape index (κ3) is 3.82. The van der Waals surface area contributed by atoms with Crippen LogP contribution in [0.4, 0.5) is 4.79 Å². The lowest BCUT2D eigenvalue weighted by molar-refractivity contribution is 0.148. The van der Waals surface area contributed by atoms with Crippen LogP contribution in [-0.4, -0.2) is 18.7 Å². The van der Waals surface area contributed by atoms with Crippen LogP contribution < -0.4 is 5.32 Å². The first-order valence-corrected chi connectivity index (χ1v) is 8.86. The van der Waals surface area contributed by atoms with Crippen LogP contribution in [0, 0.1) is 0 Å². The van der Waals surface area contributed by atoms with E-state index in [-0.39, 0.29) is 17.4 Å². The van der Waals surface area contributed by atoms with Crippen molar-refractivity contribution in [3.8, 4) is 0 Å². The summed E-state index contributed by atoms with van der Waals surface area (Å²) in [6.07, 6.45) is 0.465. The number of fused-ring (bicyclic) bond motifs is 1. The highest BCUT2D eigenvalue weighted by atomic mass is 35.5. The molecule has 3 rings (SSSR count). The molecule has 0 aliphatic heterocycles.